The Balaban J connectivity index is 1.69. The van der Waals surface area contributed by atoms with Crippen LogP contribution in [0, 0.1) is 12.7 Å². The average molecular weight is 334 g/mol. The molecule has 0 saturated heterocycles. The third kappa shape index (κ3) is 3.25. The highest BCUT2D eigenvalue weighted by molar-refractivity contribution is 5.70. The lowest BCUT2D eigenvalue weighted by Crippen LogP contribution is -2.02. The normalized spacial score (nSPS) is 12.9. The molecule has 25 heavy (non-hydrogen) atoms. The molecule has 0 atom stereocenters. The minimum absolute atomic E-state index is 0.183. The minimum atomic E-state index is -0.183. The van der Waals surface area contributed by atoms with Crippen molar-refractivity contribution < 1.29 is 9.13 Å². The van der Waals surface area contributed by atoms with Crippen LogP contribution in [0.15, 0.2) is 48.7 Å². The van der Waals surface area contributed by atoms with Crippen LogP contribution in [0.25, 0.3) is 11.1 Å². The predicted molar refractivity (Wildman–Crippen MR) is 95.0 cm³/mol. The van der Waals surface area contributed by atoms with Crippen LogP contribution < -0.4 is 4.74 Å². The molecule has 0 radical (unpaired) electrons. The van der Waals surface area contributed by atoms with Gasteiger partial charge in [-0.1, -0.05) is 18.2 Å². The van der Waals surface area contributed by atoms with Crippen molar-refractivity contribution in [3.8, 4) is 17.0 Å². The lowest BCUT2D eigenvalue weighted by atomic mass is 9.98. The molecule has 4 rings (SSSR count). The van der Waals surface area contributed by atoms with Crippen LogP contribution in [0.3, 0.4) is 0 Å². The first kappa shape index (κ1) is 15.8. The van der Waals surface area contributed by atoms with Gasteiger partial charge in [-0.05, 0) is 66.6 Å². The van der Waals surface area contributed by atoms with Crippen LogP contribution >= 0.6 is 0 Å². The molecule has 126 valence electrons. The third-order valence-corrected chi connectivity index (χ3v) is 4.60. The summed E-state index contributed by atoms with van der Waals surface area (Å²) in [6, 6.07) is 13.0. The summed E-state index contributed by atoms with van der Waals surface area (Å²) in [5, 5.41) is 0. The Morgan fingerprint density at radius 3 is 2.84 bits per heavy atom. The number of benzene rings is 1. The molecule has 0 fully saturated rings. The SMILES string of the molecule is Cc1ccc(-c2cc(OCc3ccccn3)nc3c2CCC3)cc1F. The molecule has 1 aliphatic carbocycles. The zero-order chi connectivity index (χ0) is 17.2. The summed E-state index contributed by atoms with van der Waals surface area (Å²) in [7, 11) is 0. The minimum Gasteiger partial charge on any atom is -0.471 e. The van der Waals surface area contributed by atoms with Crippen molar-refractivity contribution in [3.05, 3.63) is 77.0 Å². The smallest absolute Gasteiger partial charge is 0.214 e. The fraction of sp³-hybridized carbons (Fsp3) is 0.238. The number of hydrogen-bond donors (Lipinski definition) is 0. The number of hydrogen-bond acceptors (Lipinski definition) is 3. The van der Waals surface area contributed by atoms with Crippen molar-refractivity contribution in [2.24, 2.45) is 0 Å². The quantitative estimate of drug-likeness (QED) is 0.696. The first-order valence-electron chi connectivity index (χ1n) is 8.53. The number of aromatic nitrogens is 2. The van der Waals surface area contributed by atoms with Gasteiger partial charge in [0, 0.05) is 18.0 Å². The van der Waals surface area contributed by atoms with Crippen molar-refractivity contribution in [2.75, 3.05) is 0 Å². The molecule has 0 amide bonds. The van der Waals surface area contributed by atoms with E-state index in [1.165, 1.54) is 5.56 Å². The van der Waals surface area contributed by atoms with E-state index in [-0.39, 0.29) is 5.82 Å². The number of fused-ring (bicyclic) bond motifs is 1. The molecular weight excluding hydrogens is 315 g/mol. The molecule has 0 aliphatic heterocycles. The Hall–Kier alpha value is -2.75. The lowest BCUT2D eigenvalue weighted by Gasteiger charge is -2.13. The summed E-state index contributed by atoms with van der Waals surface area (Å²) in [5.74, 6) is 0.388. The van der Waals surface area contributed by atoms with E-state index in [0.717, 1.165) is 41.8 Å². The molecule has 0 bridgehead atoms. The maximum absolute atomic E-state index is 14.0. The molecule has 1 aromatic carbocycles. The molecule has 1 aliphatic rings. The van der Waals surface area contributed by atoms with Crippen molar-refractivity contribution in [1.82, 2.24) is 9.97 Å². The van der Waals surface area contributed by atoms with E-state index in [1.807, 2.05) is 36.4 Å². The van der Waals surface area contributed by atoms with Gasteiger partial charge < -0.3 is 4.74 Å². The van der Waals surface area contributed by atoms with Gasteiger partial charge >= 0.3 is 0 Å². The first-order valence-corrected chi connectivity index (χ1v) is 8.53. The van der Waals surface area contributed by atoms with Gasteiger partial charge in [0.25, 0.3) is 0 Å². The molecule has 0 saturated carbocycles. The second-order valence-electron chi connectivity index (χ2n) is 6.36. The number of halogens is 1. The van der Waals surface area contributed by atoms with E-state index < -0.39 is 0 Å². The number of rotatable bonds is 4. The van der Waals surface area contributed by atoms with Gasteiger partial charge in [-0.3, -0.25) is 4.98 Å². The van der Waals surface area contributed by atoms with E-state index in [0.29, 0.717) is 18.1 Å². The molecule has 0 N–H and O–H groups in total. The van der Waals surface area contributed by atoms with Gasteiger partial charge in [0.05, 0.1) is 5.69 Å². The Bertz CT molecular complexity index is 909. The number of ether oxygens (including phenoxy) is 1. The topological polar surface area (TPSA) is 35.0 Å². The maximum Gasteiger partial charge on any atom is 0.214 e. The number of nitrogens with zero attached hydrogens (tertiary/aromatic N) is 2. The highest BCUT2D eigenvalue weighted by Crippen LogP contribution is 2.35. The van der Waals surface area contributed by atoms with E-state index in [2.05, 4.69) is 9.97 Å². The Kier molecular flexibility index (Phi) is 4.18. The molecular formula is C21H19FN2O. The number of pyridine rings is 2. The molecule has 2 heterocycles. The lowest BCUT2D eigenvalue weighted by molar-refractivity contribution is 0.288. The molecule has 3 aromatic rings. The first-order chi connectivity index (χ1) is 12.2. The van der Waals surface area contributed by atoms with Gasteiger partial charge in [0.1, 0.15) is 12.4 Å². The molecule has 3 nitrogen and oxygen atoms in total. The van der Waals surface area contributed by atoms with Gasteiger partial charge in [0.2, 0.25) is 5.88 Å². The van der Waals surface area contributed by atoms with Crippen LogP contribution in [-0.4, -0.2) is 9.97 Å². The average Bonchev–Trinajstić information content (AvgIpc) is 3.11. The monoisotopic (exact) mass is 334 g/mol. The zero-order valence-corrected chi connectivity index (χ0v) is 14.1. The second kappa shape index (κ2) is 6.63. The Morgan fingerprint density at radius 2 is 2.04 bits per heavy atom. The summed E-state index contributed by atoms with van der Waals surface area (Å²) < 4.78 is 19.9. The van der Waals surface area contributed by atoms with Crippen LogP contribution in [-0.2, 0) is 19.4 Å². The molecule has 0 unspecified atom stereocenters. The predicted octanol–water partition coefficient (Wildman–Crippen LogP) is 4.66. The van der Waals surface area contributed by atoms with Gasteiger partial charge in [0.15, 0.2) is 0 Å². The highest BCUT2D eigenvalue weighted by Gasteiger charge is 2.20. The van der Waals surface area contributed by atoms with E-state index >= 15 is 0 Å². The van der Waals surface area contributed by atoms with E-state index in [1.54, 1.807) is 19.2 Å². The highest BCUT2D eigenvalue weighted by atomic mass is 19.1. The van der Waals surface area contributed by atoms with Crippen LogP contribution in [0.5, 0.6) is 5.88 Å². The summed E-state index contributed by atoms with van der Waals surface area (Å²) >= 11 is 0. The van der Waals surface area contributed by atoms with Gasteiger partial charge in [-0.2, -0.15) is 0 Å². The summed E-state index contributed by atoms with van der Waals surface area (Å²) in [6.07, 6.45) is 4.74. The van der Waals surface area contributed by atoms with E-state index in [9.17, 15) is 4.39 Å². The molecule has 2 aromatic heterocycles. The third-order valence-electron chi connectivity index (χ3n) is 4.60. The summed E-state index contributed by atoms with van der Waals surface area (Å²) in [5.41, 5.74) is 5.69. The maximum atomic E-state index is 14.0. The van der Waals surface area contributed by atoms with Crippen LogP contribution in [0.2, 0.25) is 0 Å². The molecule has 4 heteroatoms. The van der Waals surface area contributed by atoms with Gasteiger partial charge in [-0.25, -0.2) is 9.37 Å². The number of aryl methyl sites for hydroxylation is 2. The zero-order valence-electron chi connectivity index (χ0n) is 14.1. The van der Waals surface area contributed by atoms with Crippen LogP contribution in [0.1, 0.15) is 28.9 Å². The Labute approximate surface area is 146 Å². The van der Waals surface area contributed by atoms with E-state index in [4.69, 9.17) is 4.74 Å². The summed E-state index contributed by atoms with van der Waals surface area (Å²) in [6.45, 7) is 2.14. The van der Waals surface area contributed by atoms with Crippen molar-refractivity contribution in [2.45, 2.75) is 32.8 Å². The van der Waals surface area contributed by atoms with Crippen LogP contribution in [0.4, 0.5) is 4.39 Å². The largest absolute Gasteiger partial charge is 0.471 e. The van der Waals surface area contributed by atoms with Crippen molar-refractivity contribution in [1.29, 1.82) is 0 Å². The standard InChI is InChI=1S/C21H19FN2O/c1-14-8-9-15(11-19(14)22)18-12-21(24-20-7-4-6-17(18)20)25-13-16-5-2-3-10-23-16/h2-3,5,8-12H,4,6-7,13H2,1H3. The van der Waals surface area contributed by atoms with Crippen molar-refractivity contribution >= 4 is 0 Å². The summed E-state index contributed by atoms with van der Waals surface area (Å²) in [4.78, 5) is 8.92. The van der Waals surface area contributed by atoms with Gasteiger partial charge in [-0.15, -0.1) is 0 Å². The fourth-order valence-electron chi connectivity index (χ4n) is 3.24. The second-order valence-corrected chi connectivity index (χ2v) is 6.36. The Morgan fingerprint density at radius 1 is 1.12 bits per heavy atom. The molecule has 0 spiro atoms. The fourth-order valence-corrected chi connectivity index (χ4v) is 3.24. The van der Waals surface area contributed by atoms with Crippen molar-refractivity contribution in [3.63, 3.8) is 0 Å².